The minimum atomic E-state index is -1.10. The average Bonchev–Trinajstić information content (AvgIpc) is 3.03. The van der Waals surface area contributed by atoms with Gasteiger partial charge in [-0.3, -0.25) is 9.69 Å². The zero-order chi connectivity index (χ0) is 17.9. The third kappa shape index (κ3) is 3.42. The number of carbonyl (C=O) groups excluding carboxylic acids is 1. The molecule has 2 aromatic carbocycles. The normalized spacial score (nSPS) is 19.6. The van der Waals surface area contributed by atoms with Gasteiger partial charge < -0.3 is 16.2 Å². The quantitative estimate of drug-likeness (QED) is 0.746. The van der Waals surface area contributed by atoms with Crippen LogP contribution in [0, 0.1) is 0 Å². The molecule has 2 aromatic rings. The number of hydrogen-bond acceptors (Lipinski definition) is 3. The SMILES string of the molecule is Nc1ccc(NC(=O)[C@@]2(Cc3ccccc3)CCCN2C(=O)O)cc1. The number of nitrogens with zero attached hydrogens (tertiary/aromatic N) is 1. The molecule has 0 aromatic heterocycles. The first-order valence-electron chi connectivity index (χ1n) is 8.23. The van der Waals surface area contributed by atoms with Crippen LogP contribution in [0.25, 0.3) is 0 Å². The van der Waals surface area contributed by atoms with E-state index in [1.165, 1.54) is 4.90 Å². The zero-order valence-electron chi connectivity index (χ0n) is 13.8. The maximum Gasteiger partial charge on any atom is 0.408 e. The molecule has 25 heavy (non-hydrogen) atoms. The molecule has 3 rings (SSSR count). The summed E-state index contributed by atoms with van der Waals surface area (Å²) in [7, 11) is 0. The summed E-state index contributed by atoms with van der Waals surface area (Å²) in [5, 5.41) is 12.5. The van der Waals surface area contributed by atoms with Gasteiger partial charge in [0.25, 0.3) is 5.91 Å². The van der Waals surface area contributed by atoms with E-state index >= 15 is 0 Å². The smallest absolute Gasteiger partial charge is 0.408 e. The van der Waals surface area contributed by atoms with E-state index in [0.29, 0.717) is 37.2 Å². The Morgan fingerprint density at radius 2 is 1.80 bits per heavy atom. The van der Waals surface area contributed by atoms with Gasteiger partial charge in [-0.25, -0.2) is 4.79 Å². The summed E-state index contributed by atoms with van der Waals surface area (Å²) in [6.07, 6.45) is 0.436. The van der Waals surface area contributed by atoms with Crippen molar-refractivity contribution >= 4 is 23.4 Å². The van der Waals surface area contributed by atoms with Gasteiger partial charge in [-0.1, -0.05) is 30.3 Å². The van der Waals surface area contributed by atoms with Crippen molar-refractivity contribution in [3.05, 3.63) is 60.2 Å². The number of amides is 2. The van der Waals surface area contributed by atoms with E-state index in [0.717, 1.165) is 5.56 Å². The van der Waals surface area contributed by atoms with Crippen LogP contribution in [0.4, 0.5) is 16.2 Å². The first kappa shape index (κ1) is 16.8. The highest BCUT2D eigenvalue weighted by atomic mass is 16.4. The lowest BCUT2D eigenvalue weighted by atomic mass is 9.87. The van der Waals surface area contributed by atoms with Gasteiger partial charge in [0.2, 0.25) is 0 Å². The number of nitrogen functional groups attached to an aromatic ring is 1. The standard InChI is InChI=1S/C19H21N3O3/c20-15-7-9-16(10-8-15)21-17(23)19(11-4-12-22(19)18(24)25)13-14-5-2-1-3-6-14/h1-3,5-10H,4,11-13,20H2,(H,21,23)(H,24,25)/t19-/m0/s1. The number of hydrogen-bond donors (Lipinski definition) is 3. The molecule has 2 amide bonds. The summed E-state index contributed by atoms with van der Waals surface area (Å²) in [6.45, 7) is 0.358. The first-order valence-corrected chi connectivity index (χ1v) is 8.23. The van der Waals surface area contributed by atoms with Crippen LogP contribution in [0.2, 0.25) is 0 Å². The van der Waals surface area contributed by atoms with Crippen LogP contribution in [0.3, 0.4) is 0 Å². The minimum absolute atomic E-state index is 0.305. The molecule has 0 saturated carbocycles. The Morgan fingerprint density at radius 1 is 1.12 bits per heavy atom. The molecule has 0 aliphatic carbocycles. The molecule has 0 spiro atoms. The Bertz CT molecular complexity index is 761. The van der Waals surface area contributed by atoms with Crippen molar-refractivity contribution in [3.63, 3.8) is 0 Å². The van der Waals surface area contributed by atoms with Crippen molar-refractivity contribution < 1.29 is 14.7 Å². The maximum absolute atomic E-state index is 13.1. The molecule has 1 fully saturated rings. The van der Waals surface area contributed by atoms with Crippen molar-refractivity contribution in [1.29, 1.82) is 0 Å². The number of rotatable bonds is 4. The van der Waals surface area contributed by atoms with E-state index in [4.69, 9.17) is 5.73 Å². The largest absolute Gasteiger partial charge is 0.465 e. The second kappa shape index (κ2) is 6.84. The molecule has 0 bridgehead atoms. The number of carbonyl (C=O) groups is 2. The summed E-state index contributed by atoms with van der Waals surface area (Å²) < 4.78 is 0. The molecule has 1 heterocycles. The van der Waals surface area contributed by atoms with Crippen molar-refractivity contribution in [2.24, 2.45) is 0 Å². The van der Waals surface area contributed by atoms with E-state index in [1.54, 1.807) is 24.3 Å². The van der Waals surface area contributed by atoms with Gasteiger partial charge in [-0.15, -0.1) is 0 Å². The summed E-state index contributed by atoms with van der Waals surface area (Å²) in [5.74, 6) is -0.305. The predicted molar refractivity (Wildman–Crippen MR) is 96.3 cm³/mol. The van der Waals surface area contributed by atoms with E-state index in [9.17, 15) is 14.7 Å². The van der Waals surface area contributed by atoms with Gasteiger partial charge in [-0.05, 0) is 42.7 Å². The van der Waals surface area contributed by atoms with E-state index in [1.807, 2.05) is 30.3 Å². The van der Waals surface area contributed by atoms with Gasteiger partial charge in [0.1, 0.15) is 5.54 Å². The second-order valence-corrected chi connectivity index (χ2v) is 6.31. The Kier molecular flexibility index (Phi) is 4.61. The molecule has 0 radical (unpaired) electrons. The molecule has 1 aliphatic rings. The van der Waals surface area contributed by atoms with Crippen LogP contribution in [0.5, 0.6) is 0 Å². The Morgan fingerprint density at radius 3 is 2.44 bits per heavy atom. The molecule has 1 saturated heterocycles. The van der Waals surface area contributed by atoms with Gasteiger partial charge in [0.05, 0.1) is 0 Å². The van der Waals surface area contributed by atoms with Gasteiger partial charge in [0, 0.05) is 24.3 Å². The molecule has 130 valence electrons. The number of carboxylic acid groups (broad SMARTS) is 1. The summed E-state index contributed by atoms with van der Waals surface area (Å²) >= 11 is 0. The van der Waals surface area contributed by atoms with Crippen LogP contribution in [0.1, 0.15) is 18.4 Å². The number of likely N-dealkylation sites (tertiary alicyclic amines) is 1. The van der Waals surface area contributed by atoms with E-state index < -0.39 is 11.6 Å². The van der Waals surface area contributed by atoms with Crippen LogP contribution in [0.15, 0.2) is 54.6 Å². The molecular formula is C19H21N3O3. The number of nitrogens with two attached hydrogens (primary N) is 1. The van der Waals surface area contributed by atoms with Gasteiger partial charge in [-0.2, -0.15) is 0 Å². The monoisotopic (exact) mass is 339 g/mol. The fourth-order valence-corrected chi connectivity index (χ4v) is 3.40. The third-order valence-corrected chi connectivity index (χ3v) is 4.65. The Hall–Kier alpha value is -3.02. The number of nitrogens with one attached hydrogen (secondary N) is 1. The molecule has 0 unspecified atom stereocenters. The maximum atomic E-state index is 13.1. The highest BCUT2D eigenvalue weighted by molar-refractivity contribution is 6.00. The lowest BCUT2D eigenvalue weighted by Gasteiger charge is -2.35. The molecule has 1 atom stereocenters. The fraction of sp³-hybridized carbons (Fsp3) is 0.263. The van der Waals surface area contributed by atoms with E-state index in [-0.39, 0.29) is 5.91 Å². The number of benzene rings is 2. The van der Waals surface area contributed by atoms with Gasteiger partial charge in [0.15, 0.2) is 0 Å². The van der Waals surface area contributed by atoms with Crippen LogP contribution in [-0.2, 0) is 11.2 Å². The molecule has 6 nitrogen and oxygen atoms in total. The lowest BCUT2D eigenvalue weighted by Crippen LogP contribution is -2.56. The molecule has 1 aliphatic heterocycles. The highest BCUT2D eigenvalue weighted by Crippen LogP contribution is 2.34. The highest BCUT2D eigenvalue weighted by Gasteiger charge is 2.49. The predicted octanol–water partition coefficient (Wildman–Crippen LogP) is 2.96. The summed E-state index contributed by atoms with van der Waals surface area (Å²) in [6, 6.07) is 16.3. The average molecular weight is 339 g/mol. The molecule has 4 N–H and O–H groups in total. The van der Waals surface area contributed by atoms with Crippen LogP contribution >= 0.6 is 0 Å². The Balaban J connectivity index is 1.91. The Labute approximate surface area is 146 Å². The topological polar surface area (TPSA) is 95.7 Å². The van der Waals surface area contributed by atoms with Crippen molar-refractivity contribution in [3.8, 4) is 0 Å². The first-order chi connectivity index (χ1) is 12.0. The minimum Gasteiger partial charge on any atom is -0.465 e. The van der Waals surface area contributed by atoms with Crippen molar-refractivity contribution in [2.45, 2.75) is 24.8 Å². The van der Waals surface area contributed by atoms with Crippen LogP contribution in [-0.4, -0.2) is 34.1 Å². The van der Waals surface area contributed by atoms with E-state index in [2.05, 4.69) is 5.32 Å². The van der Waals surface area contributed by atoms with Gasteiger partial charge >= 0.3 is 6.09 Å². The zero-order valence-corrected chi connectivity index (χ0v) is 13.8. The molecule has 6 heteroatoms. The van der Waals surface area contributed by atoms with Crippen molar-refractivity contribution in [1.82, 2.24) is 4.90 Å². The fourth-order valence-electron chi connectivity index (χ4n) is 3.40. The summed E-state index contributed by atoms with van der Waals surface area (Å²) in [4.78, 5) is 26.1. The summed E-state index contributed by atoms with van der Waals surface area (Å²) in [5.41, 5.74) is 6.70. The second-order valence-electron chi connectivity index (χ2n) is 6.31. The number of anilines is 2. The van der Waals surface area contributed by atoms with Crippen molar-refractivity contribution in [2.75, 3.05) is 17.6 Å². The molecular weight excluding hydrogens is 318 g/mol. The van der Waals surface area contributed by atoms with Crippen LogP contribution < -0.4 is 11.1 Å². The third-order valence-electron chi connectivity index (χ3n) is 4.65. The lowest BCUT2D eigenvalue weighted by molar-refractivity contribution is -0.125.